The van der Waals surface area contributed by atoms with Gasteiger partial charge in [0.05, 0.1) is 36.5 Å². The van der Waals surface area contributed by atoms with Gasteiger partial charge in [0, 0.05) is 47.9 Å². The van der Waals surface area contributed by atoms with E-state index in [1.165, 1.54) is 35.4 Å². The Morgan fingerprint density at radius 2 is 1.47 bits per heavy atom. The van der Waals surface area contributed by atoms with Crippen LogP contribution >= 0.6 is 0 Å². The van der Waals surface area contributed by atoms with Crippen LogP contribution in [0.4, 0.5) is 0 Å². The summed E-state index contributed by atoms with van der Waals surface area (Å²) in [5.41, 5.74) is 11.0. The predicted molar refractivity (Wildman–Crippen MR) is 227 cm³/mol. The van der Waals surface area contributed by atoms with Gasteiger partial charge in [0.1, 0.15) is 18.4 Å². The van der Waals surface area contributed by atoms with Crippen molar-refractivity contribution in [2.24, 2.45) is 10.8 Å². The second-order valence-corrected chi connectivity index (χ2v) is 29.9. The summed E-state index contributed by atoms with van der Waals surface area (Å²) in [4.78, 5) is 58.1. The fourth-order valence-corrected chi connectivity index (χ4v) is 10.6. The number of ether oxygens (including phenoxy) is 2. The molecule has 7 atom stereocenters. The summed E-state index contributed by atoms with van der Waals surface area (Å²) in [6.07, 6.45) is -2.91. The first-order valence-electron chi connectivity index (χ1n) is 19.9. The molecule has 334 valence electrons. The molecule has 20 nitrogen and oxygen atoms in total. The Balaban J connectivity index is 1.56. The lowest BCUT2D eigenvalue weighted by Gasteiger charge is -2.43. The Morgan fingerprint density at radius 1 is 0.933 bits per heavy atom. The maximum Gasteiger partial charge on any atom is 0.333 e. The van der Waals surface area contributed by atoms with Gasteiger partial charge >= 0.3 is 11.4 Å². The van der Waals surface area contributed by atoms with E-state index in [2.05, 4.69) is 30.8 Å². The fourth-order valence-electron chi connectivity index (χ4n) is 7.14. The molecule has 5 rings (SSSR count). The molecule has 3 aliphatic rings. The number of nitrogens with two attached hydrogens (primary N) is 1. The minimum atomic E-state index is -4.34. The summed E-state index contributed by atoms with van der Waals surface area (Å²) in [6.45, 7) is 22.1. The molecule has 2 aromatic rings. The summed E-state index contributed by atoms with van der Waals surface area (Å²) in [6, 6.07) is -0.740. The number of hydrogen-bond donors (Lipinski definition) is 2. The van der Waals surface area contributed by atoms with Crippen molar-refractivity contribution in [1.82, 2.24) is 18.3 Å². The highest BCUT2D eigenvalue weighted by molar-refractivity contribution is 7.90. The predicted octanol–water partition coefficient (Wildman–Crippen LogP) is 3.21. The molecule has 60 heavy (non-hydrogen) atoms. The van der Waals surface area contributed by atoms with Crippen LogP contribution < -0.4 is 28.2 Å². The molecule has 2 fully saturated rings. The zero-order valence-electron chi connectivity index (χ0n) is 36.5. The fraction of sp³-hybridized carbons (Fsp3) is 0.730. The second kappa shape index (κ2) is 16.6. The van der Waals surface area contributed by atoms with Crippen molar-refractivity contribution in [2.75, 3.05) is 13.2 Å². The van der Waals surface area contributed by atoms with Crippen LogP contribution in [0.1, 0.15) is 78.0 Å². The molecular formula is C37H60N8O12SSi2. The van der Waals surface area contributed by atoms with Crippen molar-refractivity contribution in [3.8, 4) is 0 Å². The molecule has 0 aromatic carbocycles. The Hall–Kier alpha value is -3.65. The monoisotopic (exact) mass is 896 g/mol. The first kappa shape index (κ1) is 47.4. The average molecular weight is 897 g/mol. The lowest BCUT2D eigenvalue weighted by Crippen LogP contribution is -2.59. The van der Waals surface area contributed by atoms with E-state index in [1.54, 1.807) is 0 Å². The SMILES string of the molecule is Cc1cn(C2CC(N=[N+]=[N-])C(CO)O2)c(=O)n(CCCn2c(=O)c(C)cn(C3OC(CO[Si](C)(C)C(C)(C)C)C4(OS(=O)(=O)C=C4N)C3O[Si](C)(C)C(C)(C)C)c2=O)c1=O. The van der Waals surface area contributed by atoms with E-state index in [0.29, 0.717) is 0 Å². The van der Waals surface area contributed by atoms with Gasteiger partial charge < -0.3 is 29.2 Å². The molecule has 7 unspecified atom stereocenters. The number of aryl methyl sites for hydroxylation is 2. The molecule has 0 bridgehead atoms. The Bertz CT molecular complexity index is 2420. The van der Waals surface area contributed by atoms with Crippen LogP contribution in [0.25, 0.3) is 10.4 Å². The molecule has 3 aliphatic heterocycles. The third-order valence-electron chi connectivity index (χ3n) is 12.7. The topological polar surface area (TPSA) is 263 Å². The third kappa shape index (κ3) is 8.70. The minimum Gasteiger partial charge on any atom is -0.414 e. The zero-order chi connectivity index (χ0) is 45.1. The van der Waals surface area contributed by atoms with E-state index < -0.39 is 103 Å². The number of aliphatic hydroxyl groups is 1. The molecule has 0 aliphatic carbocycles. The summed E-state index contributed by atoms with van der Waals surface area (Å²) in [5.74, 6) is 0. The smallest absolute Gasteiger partial charge is 0.333 e. The third-order valence-corrected chi connectivity index (χ3v) is 22.7. The van der Waals surface area contributed by atoms with Crippen LogP contribution in [0, 0.1) is 13.8 Å². The van der Waals surface area contributed by atoms with Crippen LogP contribution in [0.3, 0.4) is 0 Å². The number of aliphatic hydroxyl groups excluding tert-OH is 1. The van der Waals surface area contributed by atoms with Gasteiger partial charge in [-0.15, -0.1) is 0 Å². The van der Waals surface area contributed by atoms with Crippen molar-refractivity contribution < 1.29 is 36.0 Å². The molecule has 5 heterocycles. The molecule has 2 aromatic heterocycles. The van der Waals surface area contributed by atoms with E-state index in [0.717, 1.165) is 14.5 Å². The first-order chi connectivity index (χ1) is 27.5. The van der Waals surface area contributed by atoms with Gasteiger partial charge in [-0.05, 0) is 62.1 Å². The molecular weight excluding hydrogens is 837 g/mol. The highest BCUT2D eigenvalue weighted by Crippen LogP contribution is 2.52. The van der Waals surface area contributed by atoms with Crippen molar-refractivity contribution in [2.45, 2.75) is 160 Å². The van der Waals surface area contributed by atoms with E-state index in [-0.39, 0.29) is 54.4 Å². The number of rotatable bonds is 13. The molecule has 1 spiro atoms. The van der Waals surface area contributed by atoms with Gasteiger partial charge in [-0.1, -0.05) is 46.7 Å². The van der Waals surface area contributed by atoms with E-state index >= 15 is 0 Å². The minimum absolute atomic E-state index is 0.0251. The molecule has 0 saturated carbocycles. The Morgan fingerprint density at radius 3 is 1.95 bits per heavy atom. The number of nitrogens with zero attached hydrogens (tertiary/aromatic N) is 7. The van der Waals surface area contributed by atoms with Crippen molar-refractivity contribution >= 4 is 26.8 Å². The maximum absolute atomic E-state index is 14.6. The van der Waals surface area contributed by atoms with Gasteiger partial charge in [0.2, 0.25) is 0 Å². The lowest BCUT2D eigenvalue weighted by molar-refractivity contribution is -0.0567. The summed E-state index contributed by atoms with van der Waals surface area (Å²) in [5, 5.41) is 13.6. The van der Waals surface area contributed by atoms with Crippen molar-refractivity contribution in [3.63, 3.8) is 0 Å². The lowest BCUT2D eigenvalue weighted by atomic mass is 9.89. The molecule has 23 heteroatoms. The summed E-state index contributed by atoms with van der Waals surface area (Å²) in [7, 11) is -9.68. The van der Waals surface area contributed by atoms with Crippen LogP contribution in [0.15, 0.2) is 47.8 Å². The highest BCUT2D eigenvalue weighted by Gasteiger charge is 2.67. The second-order valence-electron chi connectivity index (χ2n) is 18.9. The number of aromatic nitrogens is 4. The molecule has 0 radical (unpaired) electrons. The first-order valence-corrected chi connectivity index (χ1v) is 27.2. The highest BCUT2D eigenvalue weighted by atomic mass is 32.2. The largest absolute Gasteiger partial charge is 0.414 e. The van der Waals surface area contributed by atoms with Gasteiger partial charge in [-0.3, -0.25) is 27.9 Å². The average Bonchev–Trinajstić information content (AvgIpc) is 3.75. The van der Waals surface area contributed by atoms with Crippen molar-refractivity contribution in [1.29, 1.82) is 0 Å². The standard InChI is InChI=1S/C37H60N8O12SSi2/c1-22-17-44(28-16-24(40-41-39)25(19-46)54-28)33(49)42(30(22)47)14-13-15-43-31(48)23(2)18-45(34(43)50)32-29(56-60(11,12)36(6,7)8)37(26(38)21-58(51,52)57-37)27(55-32)20-53-59(9,10)35(3,4)5/h17-18,21,24-25,27-29,32,46H,13-16,19-20,38H2,1-12H3. The van der Waals surface area contributed by atoms with Crippen molar-refractivity contribution in [3.05, 3.63) is 86.7 Å². The number of hydrogen-bond acceptors (Lipinski definition) is 14. The van der Waals surface area contributed by atoms with Crippen LogP contribution in [0.2, 0.25) is 36.3 Å². The van der Waals surface area contributed by atoms with E-state index in [1.807, 2.05) is 47.0 Å². The van der Waals surface area contributed by atoms with Gasteiger partial charge in [0.15, 0.2) is 28.5 Å². The molecule has 2 saturated heterocycles. The molecule has 0 amide bonds. The van der Waals surface area contributed by atoms with Gasteiger partial charge in [-0.2, -0.15) is 8.42 Å². The van der Waals surface area contributed by atoms with E-state index in [4.69, 9.17) is 33.8 Å². The summed E-state index contributed by atoms with van der Waals surface area (Å²) < 4.78 is 62.7. The van der Waals surface area contributed by atoms with Crippen LogP contribution in [-0.2, 0) is 45.7 Å². The Labute approximate surface area is 350 Å². The number of azide groups is 1. The van der Waals surface area contributed by atoms with E-state index in [9.17, 15) is 32.7 Å². The summed E-state index contributed by atoms with van der Waals surface area (Å²) >= 11 is 0. The van der Waals surface area contributed by atoms with Crippen LogP contribution in [-0.4, -0.2) is 91.6 Å². The van der Waals surface area contributed by atoms with Gasteiger partial charge in [0.25, 0.3) is 21.2 Å². The Kier molecular flexibility index (Phi) is 13.1. The quantitative estimate of drug-likeness (QED) is 0.0963. The molecule has 3 N–H and O–H groups in total. The van der Waals surface area contributed by atoms with Crippen LogP contribution in [0.5, 0.6) is 0 Å². The normalized spacial score (nSPS) is 27.1. The zero-order valence-corrected chi connectivity index (χ0v) is 39.3. The van der Waals surface area contributed by atoms with Gasteiger partial charge in [-0.25, -0.2) is 13.8 Å². The maximum atomic E-state index is 14.6.